The van der Waals surface area contributed by atoms with Crippen LogP contribution in [0.1, 0.15) is 177 Å². The molecule has 2 aromatic carbocycles. The predicted molar refractivity (Wildman–Crippen MR) is 210 cm³/mol. The Hall–Kier alpha value is -1.84. The van der Waals surface area contributed by atoms with Gasteiger partial charge in [-0.3, -0.25) is 0 Å². The van der Waals surface area contributed by atoms with E-state index in [-0.39, 0.29) is 11.1 Å². The highest BCUT2D eigenvalue weighted by Gasteiger charge is 2.34. The minimum Gasteiger partial charge on any atom is -0.545 e. The van der Waals surface area contributed by atoms with Crippen molar-refractivity contribution in [1.29, 1.82) is 0 Å². The van der Waals surface area contributed by atoms with Gasteiger partial charge < -0.3 is 15.0 Å². The summed E-state index contributed by atoms with van der Waals surface area (Å²) in [6.45, 7) is 9.48. The molecule has 0 spiro atoms. The Morgan fingerprint density at radius 2 is 0.854 bits per heavy atom. The molecule has 0 saturated carbocycles. The lowest BCUT2D eigenvalue weighted by Gasteiger charge is -2.28. The number of unbranched alkanes of at least 4 members (excludes halogenated alkanes) is 16. The lowest BCUT2D eigenvalue weighted by atomic mass is 10.0. The van der Waals surface area contributed by atoms with E-state index in [1.54, 1.807) is 67.5 Å². The van der Waals surface area contributed by atoms with Crippen LogP contribution in [0.25, 0.3) is 0 Å². The summed E-state index contributed by atoms with van der Waals surface area (Å²) in [5, 5.41) is 20.1. The molecule has 2 rings (SSSR count). The first-order chi connectivity index (χ1) is 23.3. The standard InChI is InChI=1S/C28H60P.C14H10O4S/c1-5-9-13-14-15-16-17-18-19-20-21-22-23-24-28-29(25-10-6-2,26-11-7-3)27-12-8-4;15-13(16)9-5-1-3-7-11(9)19-12-8-4-2-6-10(12)14(17)18/h5-28H2,1-4H3;1-8H,(H,15,16)(H,17,18)/q+1;/p-1. The van der Waals surface area contributed by atoms with Crippen LogP contribution < -0.4 is 5.11 Å². The molecule has 0 bridgehead atoms. The van der Waals surface area contributed by atoms with Crippen molar-refractivity contribution in [3.63, 3.8) is 0 Å². The average Bonchev–Trinajstić information content (AvgIpc) is 3.09. The number of hydrogen-bond donors (Lipinski definition) is 1. The number of carbonyl (C=O) groups is 2. The van der Waals surface area contributed by atoms with E-state index in [9.17, 15) is 14.7 Å². The lowest BCUT2D eigenvalue weighted by molar-refractivity contribution is -0.255. The van der Waals surface area contributed by atoms with E-state index in [4.69, 9.17) is 5.11 Å². The minimum atomic E-state index is -1.28. The smallest absolute Gasteiger partial charge is 0.336 e. The Kier molecular flexibility index (Phi) is 26.6. The van der Waals surface area contributed by atoms with Gasteiger partial charge in [-0.15, -0.1) is 0 Å². The molecule has 0 amide bonds. The second-order valence-corrected chi connectivity index (χ2v) is 19.1. The third-order valence-corrected chi connectivity index (χ3v) is 15.6. The molecule has 0 fully saturated rings. The van der Waals surface area contributed by atoms with Gasteiger partial charge in [-0.05, 0) is 50.3 Å². The highest BCUT2D eigenvalue weighted by molar-refractivity contribution is 7.99. The molecule has 0 aliphatic heterocycles. The van der Waals surface area contributed by atoms with Gasteiger partial charge in [0.1, 0.15) is 0 Å². The van der Waals surface area contributed by atoms with E-state index >= 15 is 0 Å². The third kappa shape index (κ3) is 20.0. The molecule has 0 heterocycles. The Balaban J connectivity index is 0.000000519. The predicted octanol–water partition coefficient (Wildman–Crippen LogP) is 12.8. The van der Waals surface area contributed by atoms with Crippen molar-refractivity contribution in [2.24, 2.45) is 0 Å². The number of hydrogen-bond acceptors (Lipinski definition) is 4. The third-order valence-electron chi connectivity index (χ3n) is 9.39. The summed E-state index contributed by atoms with van der Waals surface area (Å²) in [6, 6.07) is 12.8. The molecular weight excluding hydrogens is 631 g/mol. The van der Waals surface area contributed by atoms with Gasteiger partial charge in [0.15, 0.2) is 0 Å². The van der Waals surface area contributed by atoms with Gasteiger partial charge in [0.05, 0.1) is 36.2 Å². The Morgan fingerprint density at radius 3 is 1.25 bits per heavy atom. The summed E-state index contributed by atoms with van der Waals surface area (Å²) in [6.07, 6.45) is 36.0. The quantitative estimate of drug-likeness (QED) is 0.0706. The number of carboxylic acids is 2. The molecule has 0 aliphatic rings. The van der Waals surface area contributed by atoms with Crippen LogP contribution in [-0.2, 0) is 0 Å². The van der Waals surface area contributed by atoms with Gasteiger partial charge in [-0.1, -0.05) is 166 Å². The summed E-state index contributed by atoms with van der Waals surface area (Å²) in [5.74, 6) is -2.33. The van der Waals surface area contributed by atoms with Crippen molar-refractivity contribution in [1.82, 2.24) is 0 Å². The van der Waals surface area contributed by atoms with Gasteiger partial charge >= 0.3 is 5.97 Å². The maximum absolute atomic E-state index is 11.1. The molecule has 48 heavy (non-hydrogen) atoms. The van der Waals surface area contributed by atoms with E-state index in [0.717, 1.165) is 11.8 Å². The van der Waals surface area contributed by atoms with Crippen molar-refractivity contribution in [2.75, 3.05) is 24.6 Å². The maximum Gasteiger partial charge on any atom is 0.336 e. The van der Waals surface area contributed by atoms with Crippen molar-refractivity contribution >= 4 is 31.0 Å². The molecule has 0 aliphatic carbocycles. The van der Waals surface area contributed by atoms with E-state index in [1.165, 1.54) is 134 Å². The number of carboxylic acid groups (broad SMARTS) is 2. The lowest BCUT2D eigenvalue weighted by Crippen LogP contribution is -2.22. The molecule has 0 radical (unpaired) electrons. The van der Waals surface area contributed by atoms with Crippen LogP contribution in [0.15, 0.2) is 58.3 Å². The first-order valence-corrected chi connectivity index (χ1v) is 22.8. The summed E-state index contributed by atoms with van der Waals surface area (Å²) < 4.78 is 0. The van der Waals surface area contributed by atoms with E-state index in [1.807, 2.05) is 0 Å². The Labute approximate surface area is 300 Å². The number of carbonyl (C=O) groups excluding carboxylic acids is 1. The van der Waals surface area contributed by atoms with E-state index in [0.29, 0.717) is 9.79 Å². The van der Waals surface area contributed by atoms with E-state index < -0.39 is 19.2 Å². The summed E-state index contributed by atoms with van der Waals surface area (Å²) in [7, 11) is -0.630. The zero-order valence-corrected chi connectivity index (χ0v) is 32.8. The minimum absolute atomic E-state index is 0.0488. The Morgan fingerprint density at radius 1 is 0.521 bits per heavy atom. The molecule has 0 saturated heterocycles. The van der Waals surface area contributed by atoms with E-state index in [2.05, 4.69) is 27.7 Å². The molecule has 272 valence electrons. The average molecular weight is 701 g/mol. The fourth-order valence-corrected chi connectivity index (χ4v) is 12.6. The fourth-order valence-electron chi connectivity index (χ4n) is 6.37. The number of rotatable bonds is 28. The van der Waals surface area contributed by atoms with Crippen molar-refractivity contribution in [3.8, 4) is 0 Å². The van der Waals surface area contributed by atoms with Crippen LogP contribution in [0.4, 0.5) is 0 Å². The molecule has 1 N–H and O–H groups in total. The second kappa shape index (κ2) is 28.9. The molecular formula is C42H69O4PS. The topological polar surface area (TPSA) is 77.4 Å². The zero-order valence-electron chi connectivity index (χ0n) is 31.1. The zero-order chi connectivity index (χ0) is 35.3. The summed E-state index contributed by atoms with van der Waals surface area (Å²) in [4.78, 5) is 23.0. The van der Waals surface area contributed by atoms with Crippen LogP contribution in [-0.4, -0.2) is 41.7 Å². The molecule has 2 aromatic rings. The summed E-state index contributed by atoms with van der Waals surface area (Å²) >= 11 is 1.10. The van der Waals surface area contributed by atoms with Gasteiger partial charge in [-0.2, -0.15) is 0 Å². The SMILES string of the molecule is CCCCCCCCCCCCCCCC[P+](CCCC)(CCCC)CCCC.O=C([O-])c1ccccc1Sc1ccccc1C(=O)O. The van der Waals surface area contributed by atoms with Crippen molar-refractivity contribution < 1.29 is 19.8 Å². The van der Waals surface area contributed by atoms with Crippen molar-refractivity contribution in [2.45, 2.75) is 166 Å². The van der Waals surface area contributed by atoms with Crippen LogP contribution in [0.3, 0.4) is 0 Å². The van der Waals surface area contributed by atoms with Gasteiger partial charge in [0.25, 0.3) is 0 Å². The van der Waals surface area contributed by atoms with Crippen LogP contribution in [0.2, 0.25) is 0 Å². The first kappa shape index (κ1) is 44.2. The van der Waals surface area contributed by atoms with Crippen LogP contribution in [0, 0.1) is 0 Å². The highest BCUT2D eigenvalue weighted by atomic mass is 32.2. The second-order valence-electron chi connectivity index (χ2n) is 13.6. The maximum atomic E-state index is 11.1. The van der Waals surface area contributed by atoms with Crippen LogP contribution in [0.5, 0.6) is 0 Å². The number of benzene rings is 2. The molecule has 0 atom stereocenters. The first-order valence-electron chi connectivity index (χ1n) is 19.5. The normalized spacial score (nSPS) is 11.2. The molecule has 4 nitrogen and oxygen atoms in total. The van der Waals surface area contributed by atoms with Gasteiger partial charge in [-0.25, -0.2) is 4.79 Å². The molecule has 0 unspecified atom stereocenters. The van der Waals surface area contributed by atoms with Gasteiger partial charge in [0, 0.05) is 22.6 Å². The fraction of sp³-hybridized carbons (Fsp3) is 0.667. The monoisotopic (exact) mass is 700 g/mol. The van der Waals surface area contributed by atoms with Crippen molar-refractivity contribution in [3.05, 3.63) is 59.7 Å². The molecule has 0 aromatic heterocycles. The summed E-state index contributed by atoms with van der Waals surface area (Å²) in [5.41, 5.74) is 0.188. The number of aromatic carboxylic acids is 2. The molecule has 6 heteroatoms. The van der Waals surface area contributed by atoms with Crippen LogP contribution >= 0.6 is 19.0 Å². The van der Waals surface area contributed by atoms with Gasteiger partial charge in [0.2, 0.25) is 0 Å². The highest BCUT2D eigenvalue weighted by Crippen LogP contribution is 2.61. The largest absolute Gasteiger partial charge is 0.545 e. The Bertz CT molecular complexity index is 1030.